The third-order valence-electron chi connectivity index (χ3n) is 3.58. The number of hydrogen-bond donors (Lipinski definition) is 1. The third-order valence-corrected chi connectivity index (χ3v) is 4.56. The summed E-state index contributed by atoms with van der Waals surface area (Å²) in [6.45, 7) is 1.73. The van der Waals surface area contributed by atoms with Gasteiger partial charge in [0.15, 0.2) is 5.69 Å². The normalized spacial score (nSPS) is 11.6. The first-order valence-electron chi connectivity index (χ1n) is 7.48. The first-order valence-corrected chi connectivity index (χ1v) is 8.36. The van der Waals surface area contributed by atoms with Crippen molar-refractivity contribution in [1.29, 1.82) is 0 Å². The molecule has 0 bridgehead atoms. The predicted octanol–water partition coefficient (Wildman–Crippen LogP) is 4.71. The van der Waals surface area contributed by atoms with Crippen LogP contribution in [0.15, 0.2) is 41.9 Å². The summed E-state index contributed by atoms with van der Waals surface area (Å²) in [6.07, 6.45) is -3.26. The lowest BCUT2D eigenvalue weighted by atomic mass is 10.2. The van der Waals surface area contributed by atoms with Crippen molar-refractivity contribution in [2.24, 2.45) is 0 Å². The molecule has 0 aliphatic heterocycles. The van der Waals surface area contributed by atoms with Crippen LogP contribution in [0.5, 0.6) is 0 Å². The first kappa shape index (κ1) is 18.1. The SMILES string of the molecule is Cc1ccc(NC(=O)c2cc(Cn3ccc(C(F)(F)F)n3)cs2)cc1F. The highest BCUT2D eigenvalue weighted by Crippen LogP contribution is 2.27. The summed E-state index contributed by atoms with van der Waals surface area (Å²) < 4.78 is 52.4. The predicted molar refractivity (Wildman–Crippen MR) is 89.7 cm³/mol. The molecule has 26 heavy (non-hydrogen) atoms. The maximum atomic E-state index is 13.5. The molecule has 3 rings (SSSR count). The number of carbonyl (C=O) groups excluding carboxylic acids is 1. The number of aryl methyl sites for hydroxylation is 1. The fourth-order valence-electron chi connectivity index (χ4n) is 2.23. The highest BCUT2D eigenvalue weighted by Gasteiger charge is 2.33. The van der Waals surface area contributed by atoms with E-state index < -0.39 is 23.6 Å². The Bertz CT molecular complexity index is 946. The summed E-state index contributed by atoms with van der Waals surface area (Å²) in [6, 6.07) is 6.84. The molecule has 4 nitrogen and oxygen atoms in total. The lowest BCUT2D eigenvalue weighted by Gasteiger charge is -2.05. The maximum absolute atomic E-state index is 13.5. The molecule has 1 aromatic carbocycles. The minimum Gasteiger partial charge on any atom is -0.321 e. The summed E-state index contributed by atoms with van der Waals surface area (Å²) in [7, 11) is 0. The zero-order chi connectivity index (χ0) is 18.9. The molecule has 2 aromatic heterocycles. The van der Waals surface area contributed by atoms with Gasteiger partial charge in [0.25, 0.3) is 5.91 Å². The number of halogens is 4. The van der Waals surface area contributed by atoms with Gasteiger partial charge in [-0.05, 0) is 47.7 Å². The van der Waals surface area contributed by atoms with E-state index in [-0.39, 0.29) is 6.54 Å². The number of carbonyl (C=O) groups is 1. The van der Waals surface area contributed by atoms with E-state index >= 15 is 0 Å². The number of nitrogens with zero attached hydrogens (tertiary/aromatic N) is 2. The van der Waals surface area contributed by atoms with Crippen molar-refractivity contribution >= 4 is 22.9 Å². The quantitative estimate of drug-likeness (QED) is 0.663. The van der Waals surface area contributed by atoms with Gasteiger partial charge in [-0.25, -0.2) is 4.39 Å². The van der Waals surface area contributed by atoms with E-state index in [9.17, 15) is 22.4 Å². The van der Waals surface area contributed by atoms with Crippen molar-refractivity contribution in [3.8, 4) is 0 Å². The molecule has 3 aromatic rings. The summed E-state index contributed by atoms with van der Waals surface area (Å²) in [5, 5.41) is 7.72. The fraction of sp³-hybridized carbons (Fsp3) is 0.176. The zero-order valence-electron chi connectivity index (χ0n) is 13.5. The fourth-order valence-corrected chi connectivity index (χ4v) is 3.03. The smallest absolute Gasteiger partial charge is 0.321 e. The van der Waals surface area contributed by atoms with Crippen molar-refractivity contribution in [2.75, 3.05) is 5.32 Å². The molecule has 0 radical (unpaired) electrons. The highest BCUT2D eigenvalue weighted by molar-refractivity contribution is 7.12. The maximum Gasteiger partial charge on any atom is 0.435 e. The number of benzene rings is 1. The summed E-state index contributed by atoms with van der Waals surface area (Å²) in [5.41, 5.74) is 0.480. The molecule has 1 amide bonds. The molecule has 2 heterocycles. The molecule has 0 aliphatic carbocycles. The van der Waals surface area contributed by atoms with Gasteiger partial charge in [0.2, 0.25) is 0 Å². The van der Waals surface area contributed by atoms with Crippen molar-refractivity contribution in [3.63, 3.8) is 0 Å². The largest absolute Gasteiger partial charge is 0.435 e. The van der Waals surface area contributed by atoms with Gasteiger partial charge < -0.3 is 5.32 Å². The Morgan fingerprint density at radius 1 is 1.27 bits per heavy atom. The molecule has 136 valence electrons. The number of aromatic nitrogens is 2. The second-order valence-electron chi connectivity index (χ2n) is 5.63. The Kier molecular flexibility index (Phi) is 4.82. The summed E-state index contributed by atoms with van der Waals surface area (Å²) in [4.78, 5) is 12.6. The van der Waals surface area contributed by atoms with Gasteiger partial charge in [0.05, 0.1) is 11.4 Å². The van der Waals surface area contributed by atoms with E-state index in [0.717, 1.165) is 22.1 Å². The first-order chi connectivity index (χ1) is 12.2. The van der Waals surface area contributed by atoms with Crippen LogP contribution in [-0.2, 0) is 12.7 Å². The van der Waals surface area contributed by atoms with Crippen molar-refractivity contribution in [3.05, 3.63) is 69.4 Å². The van der Waals surface area contributed by atoms with E-state index in [2.05, 4.69) is 10.4 Å². The van der Waals surface area contributed by atoms with E-state index in [4.69, 9.17) is 0 Å². The zero-order valence-corrected chi connectivity index (χ0v) is 14.3. The average Bonchev–Trinajstić information content (AvgIpc) is 3.20. The number of alkyl halides is 3. The van der Waals surface area contributed by atoms with E-state index in [1.54, 1.807) is 30.5 Å². The molecule has 0 spiro atoms. The summed E-state index contributed by atoms with van der Waals surface area (Å²) in [5.74, 6) is -0.838. The van der Waals surface area contributed by atoms with Crippen LogP contribution in [-0.4, -0.2) is 15.7 Å². The topological polar surface area (TPSA) is 46.9 Å². The van der Waals surface area contributed by atoms with E-state index in [1.165, 1.54) is 12.3 Å². The van der Waals surface area contributed by atoms with Gasteiger partial charge in [-0.2, -0.15) is 18.3 Å². The van der Waals surface area contributed by atoms with E-state index in [0.29, 0.717) is 21.7 Å². The Balaban J connectivity index is 1.68. The molecule has 9 heteroatoms. The van der Waals surface area contributed by atoms with Gasteiger partial charge in [0, 0.05) is 11.9 Å². The van der Waals surface area contributed by atoms with Crippen LogP contribution >= 0.6 is 11.3 Å². The molecule has 0 saturated carbocycles. The van der Waals surface area contributed by atoms with Gasteiger partial charge in [0.1, 0.15) is 5.82 Å². The number of thiophene rings is 1. The molecule has 0 fully saturated rings. The van der Waals surface area contributed by atoms with E-state index in [1.807, 2.05) is 0 Å². The van der Waals surface area contributed by atoms with Crippen molar-refractivity contribution < 1.29 is 22.4 Å². The molecule has 0 unspecified atom stereocenters. The van der Waals surface area contributed by atoms with Crippen LogP contribution in [0.3, 0.4) is 0 Å². The molecular formula is C17H13F4N3OS. The standard InChI is InChI=1S/C17H13F4N3OS/c1-10-2-3-12(7-13(10)18)22-16(25)14-6-11(9-26-14)8-24-5-4-15(23-24)17(19,20)21/h2-7,9H,8H2,1H3,(H,22,25). The number of rotatable bonds is 4. The molecule has 0 aliphatic rings. The average molecular weight is 383 g/mol. The Hall–Kier alpha value is -2.68. The van der Waals surface area contributed by atoms with Gasteiger partial charge in [-0.1, -0.05) is 6.07 Å². The van der Waals surface area contributed by atoms with Crippen LogP contribution in [0.1, 0.15) is 26.5 Å². The second kappa shape index (κ2) is 6.91. The monoisotopic (exact) mass is 383 g/mol. The third kappa shape index (κ3) is 4.10. The van der Waals surface area contributed by atoms with Crippen LogP contribution in [0.2, 0.25) is 0 Å². The Morgan fingerprint density at radius 3 is 2.69 bits per heavy atom. The molecule has 0 atom stereocenters. The molecule has 1 N–H and O–H groups in total. The molecule has 0 saturated heterocycles. The lowest BCUT2D eigenvalue weighted by molar-refractivity contribution is -0.141. The number of hydrogen-bond acceptors (Lipinski definition) is 3. The molecular weight excluding hydrogens is 370 g/mol. The Morgan fingerprint density at radius 2 is 2.04 bits per heavy atom. The highest BCUT2D eigenvalue weighted by atomic mass is 32.1. The number of amides is 1. The van der Waals surface area contributed by atoms with Crippen LogP contribution < -0.4 is 5.32 Å². The van der Waals surface area contributed by atoms with Crippen LogP contribution in [0.25, 0.3) is 0 Å². The minimum atomic E-state index is -4.49. The van der Waals surface area contributed by atoms with Crippen molar-refractivity contribution in [2.45, 2.75) is 19.6 Å². The van der Waals surface area contributed by atoms with Gasteiger partial charge in [-0.3, -0.25) is 9.48 Å². The minimum absolute atomic E-state index is 0.110. The van der Waals surface area contributed by atoms with Gasteiger partial charge in [-0.15, -0.1) is 11.3 Å². The number of anilines is 1. The lowest BCUT2D eigenvalue weighted by Crippen LogP contribution is -2.10. The second-order valence-corrected chi connectivity index (χ2v) is 6.54. The van der Waals surface area contributed by atoms with Crippen LogP contribution in [0, 0.1) is 12.7 Å². The van der Waals surface area contributed by atoms with Gasteiger partial charge >= 0.3 is 6.18 Å². The Labute approximate surface area is 150 Å². The summed E-state index contributed by atoms with van der Waals surface area (Å²) >= 11 is 1.15. The number of nitrogens with one attached hydrogen (secondary N) is 1. The van der Waals surface area contributed by atoms with Crippen molar-refractivity contribution in [1.82, 2.24) is 9.78 Å². The van der Waals surface area contributed by atoms with Crippen LogP contribution in [0.4, 0.5) is 23.2 Å².